The highest BCUT2D eigenvalue weighted by Gasteiger charge is 2.24. The molecule has 1 heterocycles. The number of amides is 1. The Morgan fingerprint density at radius 1 is 1.44 bits per heavy atom. The van der Waals surface area contributed by atoms with Gasteiger partial charge in [0.25, 0.3) is 15.0 Å². The molecule has 0 saturated heterocycles. The summed E-state index contributed by atoms with van der Waals surface area (Å²) in [7, 11) is 1.41. The van der Waals surface area contributed by atoms with E-state index >= 15 is 0 Å². The smallest absolute Gasteiger partial charge is 0.265 e. The third-order valence-electron chi connectivity index (χ3n) is 2.17. The van der Waals surface area contributed by atoms with E-state index in [1.807, 2.05) is 0 Å². The van der Waals surface area contributed by atoms with Gasteiger partial charge in [0.05, 0.1) is 10.6 Å². The predicted molar refractivity (Wildman–Crippen MR) is 58.2 cm³/mol. The van der Waals surface area contributed by atoms with Crippen molar-refractivity contribution >= 4 is 31.3 Å². The molecule has 0 radical (unpaired) electrons. The van der Waals surface area contributed by atoms with Crippen LogP contribution in [0.3, 0.4) is 0 Å². The Morgan fingerprint density at radius 2 is 2.12 bits per heavy atom. The van der Waals surface area contributed by atoms with Gasteiger partial charge in [-0.2, -0.15) is 0 Å². The van der Waals surface area contributed by atoms with Crippen LogP contribution < -0.4 is 10.1 Å². The number of hydrogen-bond acceptors (Lipinski definition) is 4. The fourth-order valence-electron chi connectivity index (χ4n) is 1.33. The van der Waals surface area contributed by atoms with Crippen molar-refractivity contribution in [1.82, 2.24) is 0 Å². The van der Waals surface area contributed by atoms with Crippen LogP contribution in [0.5, 0.6) is 5.75 Å². The Kier molecular flexibility index (Phi) is 2.55. The predicted octanol–water partition coefficient (Wildman–Crippen LogP) is 1.33. The number of halogens is 1. The Hall–Kier alpha value is -1.27. The molecule has 0 unspecified atom stereocenters. The molecule has 1 aromatic carbocycles. The van der Waals surface area contributed by atoms with Crippen molar-refractivity contribution < 1.29 is 17.9 Å². The first-order valence-corrected chi connectivity index (χ1v) is 6.75. The molecule has 1 N–H and O–H groups in total. The van der Waals surface area contributed by atoms with Crippen molar-refractivity contribution in [3.63, 3.8) is 0 Å². The standard InChI is InChI=1S/C9H8ClNO4S/c1-5-9(12)11-7-3-2-6(16(10,13)14)4-8(7)15-5/h2-5H,1H3,(H,11,12)/t5-/m1/s1. The van der Waals surface area contributed by atoms with E-state index in [1.165, 1.54) is 18.2 Å². The summed E-state index contributed by atoms with van der Waals surface area (Å²) in [5, 5.41) is 2.59. The number of anilines is 1. The zero-order valence-electron chi connectivity index (χ0n) is 8.23. The van der Waals surface area contributed by atoms with E-state index < -0.39 is 15.2 Å². The lowest BCUT2D eigenvalue weighted by atomic mass is 10.2. The highest BCUT2D eigenvalue weighted by atomic mass is 35.7. The van der Waals surface area contributed by atoms with Gasteiger partial charge in [0.1, 0.15) is 5.75 Å². The molecule has 0 bridgehead atoms. The van der Waals surface area contributed by atoms with Crippen LogP contribution in [0.4, 0.5) is 5.69 Å². The number of carbonyl (C=O) groups is 1. The van der Waals surface area contributed by atoms with Crippen LogP contribution in [0, 0.1) is 0 Å². The quantitative estimate of drug-likeness (QED) is 0.774. The highest BCUT2D eigenvalue weighted by Crippen LogP contribution is 2.32. The van der Waals surface area contributed by atoms with Gasteiger partial charge in [-0.15, -0.1) is 0 Å². The molecule has 0 aromatic heterocycles. The summed E-state index contributed by atoms with van der Waals surface area (Å²) in [6.45, 7) is 1.57. The molecule has 5 nitrogen and oxygen atoms in total. The number of ether oxygens (including phenoxy) is 1. The summed E-state index contributed by atoms with van der Waals surface area (Å²) in [4.78, 5) is 11.2. The van der Waals surface area contributed by atoms with Crippen molar-refractivity contribution in [1.29, 1.82) is 0 Å². The summed E-state index contributed by atoms with van der Waals surface area (Å²) in [6.07, 6.45) is -0.652. The summed E-state index contributed by atoms with van der Waals surface area (Å²) in [5.41, 5.74) is 0.437. The minimum absolute atomic E-state index is 0.0590. The van der Waals surface area contributed by atoms with E-state index in [4.69, 9.17) is 15.4 Å². The SMILES string of the molecule is C[C@H]1Oc2cc(S(=O)(=O)Cl)ccc2NC1=O. The van der Waals surface area contributed by atoms with Crippen molar-refractivity contribution in [3.05, 3.63) is 18.2 Å². The number of carbonyl (C=O) groups excluding carboxylic acids is 1. The molecule has 0 aliphatic carbocycles. The van der Waals surface area contributed by atoms with Gasteiger partial charge in [0.2, 0.25) is 0 Å². The lowest BCUT2D eigenvalue weighted by Gasteiger charge is -2.23. The maximum Gasteiger partial charge on any atom is 0.265 e. The Morgan fingerprint density at radius 3 is 2.75 bits per heavy atom. The van der Waals surface area contributed by atoms with Gasteiger partial charge in [-0.3, -0.25) is 4.79 Å². The minimum atomic E-state index is -3.79. The van der Waals surface area contributed by atoms with Crippen LogP contribution in [0.25, 0.3) is 0 Å². The lowest BCUT2D eigenvalue weighted by molar-refractivity contribution is -0.122. The largest absolute Gasteiger partial charge is 0.479 e. The Bertz CT molecular complexity index is 555. The first-order valence-electron chi connectivity index (χ1n) is 4.44. The van der Waals surface area contributed by atoms with Gasteiger partial charge < -0.3 is 10.1 Å². The molecule has 1 aromatic rings. The zero-order valence-corrected chi connectivity index (χ0v) is 9.80. The molecule has 1 aliphatic heterocycles. The minimum Gasteiger partial charge on any atom is -0.479 e. The second-order valence-electron chi connectivity index (χ2n) is 3.35. The summed E-state index contributed by atoms with van der Waals surface area (Å²) in [5.74, 6) is 0.0304. The fraction of sp³-hybridized carbons (Fsp3) is 0.222. The first-order chi connectivity index (χ1) is 7.38. The van der Waals surface area contributed by atoms with Crippen LogP contribution in [0.2, 0.25) is 0 Å². The molecule has 1 atom stereocenters. The maximum atomic E-state index is 11.3. The third kappa shape index (κ3) is 1.98. The number of hydrogen-bond donors (Lipinski definition) is 1. The van der Waals surface area contributed by atoms with Crippen molar-refractivity contribution in [2.24, 2.45) is 0 Å². The molecule has 1 aliphatic rings. The van der Waals surface area contributed by atoms with Crippen LogP contribution in [0.1, 0.15) is 6.92 Å². The molecule has 86 valence electrons. The highest BCUT2D eigenvalue weighted by molar-refractivity contribution is 8.13. The van der Waals surface area contributed by atoms with E-state index in [0.717, 1.165) is 0 Å². The summed E-state index contributed by atoms with van der Waals surface area (Å²) in [6, 6.07) is 4.03. The summed E-state index contributed by atoms with van der Waals surface area (Å²) >= 11 is 0. The number of fused-ring (bicyclic) bond motifs is 1. The molecular formula is C9H8ClNO4S. The fourth-order valence-corrected chi connectivity index (χ4v) is 2.10. The van der Waals surface area contributed by atoms with Crippen molar-refractivity contribution in [2.75, 3.05) is 5.32 Å². The average molecular weight is 262 g/mol. The molecule has 16 heavy (non-hydrogen) atoms. The molecule has 1 amide bonds. The topological polar surface area (TPSA) is 72.5 Å². The number of benzene rings is 1. The van der Waals surface area contributed by atoms with Gasteiger partial charge in [-0.25, -0.2) is 8.42 Å². The van der Waals surface area contributed by atoms with Crippen LogP contribution >= 0.6 is 10.7 Å². The molecule has 0 fully saturated rings. The van der Waals surface area contributed by atoms with Crippen LogP contribution in [-0.2, 0) is 13.8 Å². The maximum absolute atomic E-state index is 11.3. The summed E-state index contributed by atoms with van der Waals surface area (Å²) < 4.78 is 27.4. The Balaban J connectivity index is 2.48. The molecule has 0 saturated carbocycles. The normalized spacial score (nSPS) is 19.6. The first kappa shape index (κ1) is 11.2. The second kappa shape index (κ2) is 3.64. The number of nitrogens with one attached hydrogen (secondary N) is 1. The van der Waals surface area contributed by atoms with Crippen molar-refractivity contribution in [2.45, 2.75) is 17.9 Å². The average Bonchev–Trinajstić information content (AvgIpc) is 2.17. The molecular weight excluding hydrogens is 254 g/mol. The van der Waals surface area contributed by atoms with Crippen LogP contribution in [-0.4, -0.2) is 20.4 Å². The Labute approximate surface area is 96.8 Å². The van der Waals surface area contributed by atoms with E-state index in [1.54, 1.807) is 6.92 Å². The van der Waals surface area contributed by atoms with Gasteiger partial charge >= 0.3 is 0 Å². The molecule has 0 spiro atoms. The van der Waals surface area contributed by atoms with E-state index in [0.29, 0.717) is 11.4 Å². The number of rotatable bonds is 1. The van der Waals surface area contributed by atoms with Gasteiger partial charge in [-0.1, -0.05) is 0 Å². The van der Waals surface area contributed by atoms with E-state index in [2.05, 4.69) is 5.32 Å². The van der Waals surface area contributed by atoms with Crippen LogP contribution in [0.15, 0.2) is 23.1 Å². The zero-order chi connectivity index (χ0) is 11.9. The molecule has 2 rings (SSSR count). The van der Waals surface area contributed by atoms with E-state index in [-0.39, 0.29) is 10.8 Å². The lowest BCUT2D eigenvalue weighted by Crippen LogP contribution is -2.34. The van der Waals surface area contributed by atoms with Crippen molar-refractivity contribution in [3.8, 4) is 5.75 Å². The van der Waals surface area contributed by atoms with Gasteiger partial charge in [-0.05, 0) is 19.1 Å². The van der Waals surface area contributed by atoms with E-state index in [9.17, 15) is 13.2 Å². The second-order valence-corrected chi connectivity index (χ2v) is 5.91. The monoisotopic (exact) mass is 261 g/mol. The van der Waals surface area contributed by atoms with Gasteiger partial charge in [0.15, 0.2) is 6.10 Å². The van der Waals surface area contributed by atoms with Gasteiger partial charge in [0, 0.05) is 16.7 Å². The third-order valence-corrected chi connectivity index (χ3v) is 3.52. The molecule has 7 heteroatoms.